The third kappa shape index (κ3) is 8.05. The van der Waals surface area contributed by atoms with Crippen LogP contribution >= 0.6 is 0 Å². The first-order chi connectivity index (χ1) is 23.6. The molecule has 266 valence electrons. The van der Waals surface area contributed by atoms with Gasteiger partial charge in [0.2, 0.25) is 12.2 Å². The van der Waals surface area contributed by atoms with Gasteiger partial charge in [-0.1, -0.05) is 23.4 Å². The zero-order valence-corrected chi connectivity index (χ0v) is 27.2. The molecule has 4 aliphatic rings. The molecule has 1 amide bonds. The van der Waals surface area contributed by atoms with E-state index in [0.29, 0.717) is 24.5 Å². The lowest BCUT2D eigenvalue weighted by molar-refractivity contribution is -0.155. The fourth-order valence-corrected chi connectivity index (χ4v) is 6.35. The van der Waals surface area contributed by atoms with E-state index in [1.54, 1.807) is 6.92 Å². The molecule has 0 spiro atoms. The van der Waals surface area contributed by atoms with Crippen molar-refractivity contribution in [1.29, 1.82) is 0 Å². The Hall–Kier alpha value is -3.67. The van der Waals surface area contributed by atoms with Crippen LogP contribution in [0.3, 0.4) is 0 Å². The van der Waals surface area contributed by atoms with E-state index in [1.165, 1.54) is 31.2 Å². The average molecular weight is 688 g/mol. The maximum Gasteiger partial charge on any atom is 0.247 e. The molecule has 2 aromatic carbocycles. The third-order valence-electron chi connectivity index (χ3n) is 9.10. The molecule has 4 fully saturated rings. The monoisotopic (exact) mass is 687 g/mol. The molecule has 1 aliphatic carbocycles. The molecule has 6 rings (SSSR count). The van der Waals surface area contributed by atoms with Gasteiger partial charge in [-0.25, -0.2) is 4.39 Å². The molecule has 15 heteroatoms. The lowest BCUT2D eigenvalue weighted by Gasteiger charge is -2.41. The first-order valence-electron chi connectivity index (χ1n) is 16.2. The Bertz CT molecular complexity index is 1520. The number of hydrogen-bond acceptors (Lipinski definition) is 13. The maximum atomic E-state index is 15.1. The molecule has 1 saturated carbocycles. The molecule has 3 heterocycles. The highest BCUT2D eigenvalue weighted by atomic mass is 19.1. The summed E-state index contributed by atoms with van der Waals surface area (Å²) in [5, 5.41) is 48.6. The van der Waals surface area contributed by atoms with E-state index >= 15 is 4.39 Å². The molecule has 14 nitrogen and oxygen atoms in total. The van der Waals surface area contributed by atoms with E-state index in [-0.39, 0.29) is 31.1 Å². The predicted octanol–water partition coefficient (Wildman–Crippen LogP) is 0.836. The van der Waals surface area contributed by atoms with Crippen LogP contribution in [-0.4, -0.2) is 120 Å². The molecule has 0 aromatic heterocycles. The Balaban J connectivity index is 0.993. The minimum atomic E-state index is -1.49. The molecule has 9 atom stereocenters. The molecular formula is C34H42FN3O11. The van der Waals surface area contributed by atoms with E-state index in [1.807, 2.05) is 24.3 Å². The number of anilines is 1. The fourth-order valence-electron chi connectivity index (χ4n) is 6.35. The number of rotatable bonds is 10. The fraction of sp³-hybridized carbons (Fsp3) is 0.529. The molecule has 0 radical (unpaired) electrons. The number of aliphatic hydroxyl groups is 4. The van der Waals surface area contributed by atoms with Crippen LogP contribution in [0.1, 0.15) is 31.4 Å². The second-order valence-electron chi connectivity index (χ2n) is 12.5. The highest BCUT2D eigenvalue weighted by molar-refractivity contribution is 5.97. The van der Waals surface area contributed by atoms with Gasteiger partial charge in [0, 0.05) is 30.8 Å². The third-order valence-corrected chi connectivity index (χ3v) is 9.10. The zero-order valence-electron chi connectivity index (χ0n) is 27.2. The lowest BCUT2D eigenvalue weighted by atomic mass is 9.83. The smallest absolute Gasteiger partial charge is 0.247 e. The number of benzene rings is 2. The van der Waals surface area contributed by atoms with Crippen molar-refractivity contribution in [3.05, 3.63) is 65.0 Å². The van der Waals surface area contributed by atoms with Crippen LogP contribution in [0.4, 0.5) is 10.1 Å². The number of morpholine rings is 1. The summed E-state index contributed by atoms with van der Waals surface area (Å²) < 4.78 is 42.5. The Kier molecular flexibility index (Phi) is 11.1. The zero-order chi connectivity index (χ0) is 34.7. The number of amides is 1. The number of nitrogens with one attached hydrogen (secondary N) is 1. The van der Waals surface area contributed by atoms with Gasteiger partial charge in [0.1, 0.15) is 50.0 Å². The standard InChI is InChI=1S/C34H42FN3O11/c1-18(34(43)36-27-28(40)30(42)33-32(29(27)41)45-17-46-33)13-21-5-8-25(23(35)14-21)48-26-15-24(39)31(49-26)19(2)37-47-16-20-3-6-22(7-4-20)38-9-11-44-12-10-38/h3-8,13-14,24,26-33,39-42H,9-12,15-17H2,1-2H3,(H,36,43)/b18-13+,37-19+/t24-,26-,27-,28+,29-,30-,31-,32+,33-/m1/s1. The number of carbonyl (C=O) groups is 1. The first-order valence-corrected chi connectivity index (χ1v) is 16.2. The summed E-state index contributed by atoms with van der Waals surface area (Å²) in [5.41, 5.74) is 2.96. The largest absolute Gasteiger partial charge is 0.462 e. The Morgan fingerprint density at radius 1 is 1.02 bits per heavy atom. The summed E-state index contributed by atoms with van der Waals surface area (Å²) in [6.45, 7) is 6.37. The van der Waals surface area contributed by atoms with E-state index < -0.39 is 66.8 Å². The number of fused-ring (bicyclic) bond motifs is 1. The average Bonchev–Trinajstić information content (AvgIpc) is 3.74. The number of hydrogen-bond donors (Lipinski definition) is 5. The van der Waals surface area contributed by atoms with E-state index in [0.717, 1.165) is 24.3 Å². The quantitative estimate of drug-likeness (QED) is 0.135. The van der Waals surface area contributed by atoms with Gasteiger partial charge in [-0.15, -0.1) is 0 Å². The molecule has 0 bridgehead atoms. The van der Waals surface area contributed by atoms with Gasteiger partial charge < -0.3 is 59.2 Å². The van der Waals surface area contributed by atoms with Crippen LogP contribution in [-0.2, 0) is 35.2 Å². The van der Waals surface area contributed by atoms with Crippen LogP contribution < -0.4 is 15.0 Å². The summed E-state index contributed by atoms with van der Waals surface area (Å²) in [6, 6.07) is 10.9. The minimum Gasteiger partial charge on any atom is -0.462 e. The van der Waals surface area contributed by atoms with Gasteiger partial charge in [-0.2, -0.15) is 0 Å². The van der Waals surface area contributed by atoms with Crippen LogP contribution in [0, 0.1) is 5.82 Å². The van der Waals surface area contributed by atoms with Crippen molar-refractivity contribution in [3.63, 3.8) is 0 Å². The summed E-state index contributed by atoms with van der Waals surface area (Å²) in [6.07, 6.45) is -7.20. The second-order valence-corrected chi connectivity index (χ2v) is 12.5. The summed E-state index contributed by atoms with van der Waals surface area (Å²) in [5.74, 6) is -1.47. The molecular weight excluding hydrogens is 645 g/mol. The summed E-state index contributed by atoms with van der Waals surface area (Å²) >= 11 is 0. The van der Waals surface area contributed by atoms with E-state index in [9.17, 15) is 25.2 Å². The summed E-state index contributed by atoms with van der Waals surface area (Å²) in [4.78, 5) is 20.6. The van der Waals surface area contributed by atoms with Crippen molar-refractivity contribution in [2.24, 2.45) is 5.16 Å². The van der Waals surface area contributed by atoms with Gasteiger partial charge in [-0.3, -0.25) is 4.79 Å². The number of halogens is 1. The molecule has 0 unspecified atom stereocenters. The van der Waals surface area contributed by atoms with Crippen LogP contribution in [0.15, 0.2) is 53.2 Å². The summed E-state index contributed by atoms with van der Waals surface area (Å²) in [7, 11) is 0. The number of carbonyl (C=O) groups excluding carboxylic acids is 1. The van der Waals surface area contributed by atoms with Gasteiger partial charge >= 0.3 is 0 Å². The number of ether oxygens (including phenoxy) is 5. The normalized spacial score (nSPS) is 32.1. The van der Waals surface area contributed by atoms with E-state index in [4.69, 9.17) is 28.5 Å². The van der Waals surface area contributed by atoms with Gasteiger partial charge in [0.25, 0.3) is 0 Å². The molecule has 3 saturated heterocycles. The molecule has 49 heavy (non-hydrogen) atoms. The van der Waals surface area contributed by atoms with Gasteiger partial charge in [0.15, 0.2) is 11.6 Å². The second kappa shape index (κ2) is 15.5. The van der Waals surface area contributed by atoms with Crippen molar-refractivity contribution < 1.29 is 58.1 Å². The SMILES string of the molecule is C/C(=C\c1ccc(O[C@H]2C[C@@H](O)[C@@H](/C(C)=N/OCc3ccc(N4CCOCC4)cc3)O2)c(F)c1)C(=O)N[C@@H]1[C@H](O)[C@@H](O)[C@H]2OCO[C@H]2[C@@H]1O. The van der Waals surface area contributed by atoms with Gasteiger partial charge in [0.05, 0.1) is 31.1 Å². The highest BCUT2D eigenvalue weighted by Gasteiger charge is 2.53. The molecule has 2 aromatic rings. The topological polar surface area (TPSA) is 181 Å². The van der Waals surface area contributed by atoms with Crippen LogP contribution in [0.5, 0.6) is 5.75 Å². The van der Waals surface area contributed by atoms with Crippen molar-refractivity contribution >= 4 is 23.4 Å². The number of nitrogens with zero attached hydrogens (tertiary/aromatic N) is 2. The van der Waals surface area contributed by atoms with Crippen molar-refractivity contribution in [3.8, 4) is 5.75 Å². The van der Waals surface area contributed by atoms with Crippen LogP contribution in [0.2, 0.25) is 0 Å². The highest BCUT2D eigenvalue weighted by Crippen LogP contribution is 2.31. The Labute approximate surface area is 282 Å². The number of aliphatic hydroxyl groups excluding tert-OH is 4. The predicted molar refractivity (Wildman–Crippen MR) is 172 cm³/mol. The Morgan fingerprint density at radius 2 is 1.73 bits per heavy atom. The van der Waals surface area contributed by atoms with E-state index in [2.05, 4.69) is 15.4 Å². The van der Waals surface area contributed by atoms with Crippen molar-refractivity contribution in [2.75, 3.05) is 38.0 Å². The lowest BCUT2D eigenvalue weighted by Crippen LogP contribution is -2.67. The first kappa shape index (κ1) is 35.2. The minimum absolute atomic E-state index is 0.0766. The molecule has 3 aliphatic heterocycles. The molecule has 5 N–H and O–H groups in total. The maximum absolute atomic E-state index is 15.1. The van der Waals surface area contributed by atoms with Crippen molar-refractivity contribution in [1.82, 2.24) is 5.32 Å². The van der Waals surface area contributed by atoms with Gasteiger partial charge in [-0.05, 0) is 55.3 Å². The Morgan fingerprint density at radius 3 is 2.45 bits per heavy atom. The number of oxime groups is 1. The van der Waals surface area contributed by atoms with Crippen LogP contribution in [0.25, 0.3) is 6.08 Å². The van der Waals surface area contributed by atoms with Crippen molar-refractivity contribution in [2.45, 2.75) is 81.9 Å².